The molecule has 1 aliphatic rings. The molecule has 0 aliphatic carbocycles. The molecule has 24 heavy (non-hydrogen) atoms. The Kier molecular flexibility index (Phi) is 5.33. The summed E-state index contributed by atoms with van der Waals surface area (Å²) in [6.07, 6.45) is 0. The van der Waals surface area contributed by atoms with Gasteiger partial charge in [-0.1, -0.05) is 30.3 Å². The molecule has 0 bridgehead atoms. The number of nitrogens with zero attached hydrogens (tertiary/aromatic N) is 1. The number of anilines is 2. The number of rotatable bonds is 4. The second kappa shape index (κ2) is 7.84. The highest BCUT2D eigenvalue weighted by molar-refractivity contribution is 5.89. The number of carbonyl (C=O) groups is 1. The molecule has 2 N–H and O–H groups in total. The number of amides is 2. The van der Waals surface area contributed by atoms with E-state index in [2.05, 4.69) is 22.5 Å². The van der Waals surface area contributed by atoms with Gasteiger partial charge in [-0.3, -0.25) is 0 Å². The number of ether oxygens (including phenoxy) is 1. The maximum absolute atomic E-state index is 12.0. The lowest BCUT2D eigenvalue weighted by Crippen LogP contribution is -2.43. The highest BCUT2D eigenvalue weighted by Crippen LogP contribution is 2.21. The summed E-state index contributed by atoms with van der Waals surface area (Å²) in [7, 11) is 0. The molecule has 0 saturated carbocycles. The molecule has 0 aromatic heterocycles. The van der Waals surface area contributed by atoms with Crippen LogP contribution in [0.1, 0.15) is 12.5 Å². The van der Waals surface area contributed by atoms with Gasteiger partial charge in [-0.25, -0.2) is 4.79 Å². The van der Waals surface area contributed by atoms with E-state index in [9.17, 15) is 4.79 Å². The van der Waals surface area contributed by atoms with Gasteiger partial charge in [0.15, 0.2) is 0 Å². The minimum absolute atomic E-state index is 0.202. The number of nitrogens with one attached hydrogen (secondary N) is 2. The van der Waals surface area contributed by atoms with E-state index in [1.165, 1.54) is 0 Å². The molecule has 0 spiro atoms. The van der Waals surface area contributed by atoms with Crippen LogP contribution in [-0.4, -0.2) is 31.8 Å². The zero-order valence-electron chi connectivity index (χ0n) is 13.9. The standard InChI is InChI=1S/C19H23N3O2/c1-15-14-24-12-11-22(15)18-9-7-17(8-10-18)21-19(23)20-13-16-5-3-2-4-6-16/h2-10,15H,11-14H2,1H3,(H2,20,21,23). The average Bonchev–Trinajstić information content (AvgIpc) is 2.62. The third-order valence-corrected chi connectivity index (χ3v) is 4.12. The third kappa shape index (κ3) is 4.26. The minimum atomic E-state index is -0.202. The number of morpholine rings is 1. The van der Waals surface area contributed by atoms with Crippen molar-refractivity contribution in [2.75, 3.05) is 30.0 Å². The molecule has 1 heterocycles. The van der Waals surface area contributed by atoms with Crippen LogP contribution in [0.25, 0.3) is 0 Å². The molecule has 5 nitrogen and oxygen atoms in total. The first-order valence-corrected chi connectivity index (χ1v) is 8.25. The Bertz CT molecular complexity index is 658. The second-order valence-corrected chi connectivity index (χ2v) is 5.96. The summed E-state index contributed by atoms with van der Waals surface area (Å²) in [5, 5.41) is 5.72. The van der Waals surface area contributed by atoms with Crippen molar-refractivity contribution in [3.8, 4) is 0 Å². The van der Waals surface area contributed by atoms with Gasteiger partial charge in [0.2, 0.25) is 0 Å². The summed E-state index contributed by atoms with van der Waals surface area (Å²) >= 11 is 0. The summed E-state index contributed by atoms with van der Waals surface area (Å²) < 4.78 is 5.47. The van der Waals surface area contributed by atoms with Crippen molar-refractivity contribution < 1.29 is 9.53 Å². The number of urea groups is 1. The fraction of sp³-hybridized carbons (Fsp3) is 0.316. The molecule has 126 valence electrons. The second-order valence-electron chi connectivity index (χ2n) is 5.96. The van der Waals surface area contributed by atoms with Crippen molar-refractivity contribution in [1.82, 2.24) is 5.32 Å². The predicted octanol–water partition coefficient (Wildman–Crippen LogP) is 3.23. The topological polar surface area (TPSA) is 53.6 Å². The van der Waals surface area contributed by atoms with Gasteiger partial charge in [0.25, 0.3) is 0 Å². The maximum atomic E-state index is 12.0. The first-order valence-electron chi connectivity index (χ1n) is 8.25. The van der Waals surface area contributed by atoms with Gasteiger partial charge in [-0.05, 0) is 36.8 Å². The first kappa shape index (κ1) is 16.3. The molecule has 1 atom stereocenters. The molecule has 1 unspecified atom stereocenters. The lowest BCUT2D eigenvalue weighted by atomic mass is 10.2. The van der Waals surface area contributed by atoms with Crippen LogP contribution in [0.3, 0.4) is 0 Å². The molecule has 2 aromatic carbocycles. The van der Waals surface area contributed by atoms with Crippen LogP contribution in [0.5, 0.6) is 0 Å². The van der Waals surface area contributed by atoms with Crippen LogP contribution in [0, 0.1) is 0 Å². The van der Waals surface area contributed by atoms with Crippen LogP contribution in [0.15, 0.2) is 54.6 Å². The van der Waals surface area contributed by atoms with Gasteiger partial charge < -0.3 is 20.3 Å². The van der Waals surface area contributed by atoms with Gasteiger partial charge in [0.05, 0.1) is 13.2 Å². The van der Waals surface area contributed by atoms with Crippen molar-refractivity contribution in [2.24, 2.45) is 0 Å². The van der Waals surface area contributed by atoms with Crippen LogP contribution in [0.2, 0.25) is 0 Å². The highest BCUT2D eigenvalue weighted by Gasteiger charge is 2.18. The van der Waals surface area contributed by atoms with Gasteiger partial charge in [0.1, 0.15) is 0 Å². The summed E-state index contributed by atoms with van der Waals surface area (Å²) in [4.78, 5) is 14.3. The maximum Gasteiger partial charge on any atom is 0.319 e. The van der Waals surface area contributed by atoms with Crippen LogP contribution in [-0.2, 0) is 11.3 Å². The van der Waals surface area contributed by atoms with E-state index in [1.807, 2.05) is 54.6 Å². The Morgan fingerprint density at radius 1 is 1.17 bits per heavy atom. The van der Waals surface area contributed by atoms with Crippen molar-refractivity contribution in [3.63, 3.8) is 0 Å². The molecule has 3 rings (SSSR count). The van der Waals surface area contributed by atoms with E-state index in [-0.39, 0.29) is 6.03 Å². The highest BCUT2D eigenvalue weighted by atomic mass is 16.5. The van der Waals surface area contributed by atoms with Crippen LogP contribution >= 0.6 is 0 Å². The lowest BCUT2D eigenvalue weighted by molar-refractivity contribution is 0.0989. The van der Waals surface area contributed by atoms with Crippen molar-refractivity contribution in [1.29, 1.82) is 0 Å². The molecule has 2 amide bonds. The normalized spacial score (nSPS) is 17.4. The summed E-state index contributed by atoms with van der Waals surface area (Å²) in [5.41, 5.74) is 3.01. The minimum Gasteiger partial charge on any atom is -0.377 e. The van der Waals surface area contributed by atoms with Gasteiger partial charge in [-0.2, -0.15) is 0 Å². The van der Waals surface area contributed by atoms with Crippen LogP contribution in [0.4, 0.5) is 16.2 Å². The molecule has 5 heteroatoms. The van der Waals surface area contributed by atoms with Gasteiger partial charge >= 0.3 is 6.03 Å². The Hall–Kier alpha value is -2.53. The molecular weight excluding hydrogens is 302 g/mol. The van der Waals surface area contributed by atoms with Gasteiger partial charge in [-0.15, -0.1) is 0 Å². The van der Waals surface area contributed by atoms with E-state index in [0.717, 1.165) is 36.7 Å². The Balaban J connectivity index is 1.53. The summed E-state index contributed by atoms with van der Waals surface area (Å²) in [6, 6.07) is 17.9. The summed E-state index contributed by atoms with van der Waals surface area (Å²) in [6.45, 7) is 5.07. The SMILES string of the molecule is CC1COCCN1c1ccc(NC(=O)NCc2ccccc2)cc1. The molecule has 1 fully saturated rings. The molecule has 1 aliphatic heterocycles. The number of carbonyl (C=O) groups excluding carboxylic acids is 1. The quantitative estimate of drug-likeness (QED) is 0.907. The molecule has 1 saturated heterocycles. The van der Waals surface area contributed by atoms with Crippen molar-refractivity contribution in [2.45, 2.75) is 19.5 Å². The van der Waals surface area contributed by atoms with Crippen molar-refractivity contribution >= 4 is 17.4 Å². The lowest BCUT2D eigenvalue weighted by Gasteiger charge is -2.35. The van der Waals surface area contributed by atoms with Crippen LogP contribution < -0.4 is 15.5 Å². The van der Waals surface area contributed by atoms with E-state index in [0.29, 0.717) is 12.6 Å². The molecule has 2 aromatic rings. The van der Waals surface area contributed by atoms with E-state index < -0.39 is 0 Å². The zero-order valence-corrected chi connectivity index (χ0v) is 13.9. The fourth-order valence-electron chi connectivity index (χ4n) is 2.80. The number of hydrogen-bond acceptors (Lipinski definition) is 3. The zero-order chi connectivity index (χ0) is 16.8. The Morgan fingerprint density at radius 2 is 1.92 bits per heavy atom. The number of benzene rings is 2. The largest absolute Gasteiger partial charge is 0.377 e. The predicted molar refractivity (Wildman–Crippen MR) is 96.4 cm³/mol. The smallest absolute Gasteiger partial charge is 0.319 e. The fourth-order valence-corrected chi connectivity index (χ4v) is 2.80. The average molecular weight is 325 g/mol. The Morgan fingerprint density at radius 3 is 2.62 bits per heavy atom. The van der Waals surface area contributed by atoms with Crippen molar-refractivity contribution in [3.05, 3.63) is 60.2 Å². The monoisotopic (exact) mass is 325 g/mol. The molecule has 0 radical (unpaired) electrons. The number of hydrogen-bond donors (Lipinski definition) is 2. The van der Waals surface area contributed by atoms with Gasteiger partial charge in [0, 0.05) is 30.5 Å². The third-order valence-electron chi connectivity index (χ3n) is 4.12. The molecular formula is C19H23N3O2. The van der Waals surface area contributed by atoms with E-state index in [4.69, 9.17) is 4.74 Å². The van der Waals surface area contributed by atoms with E-state index >= 15 is 0 Å². The summed E-state index contributed by atoms with van der Waals surface area (Å²) in [5.74, 6) is 0. The Labute approximate surface area is 142 Å². The van der Waals surface area contributed by atoms with E-state index in [1.54, 1.807) is 0 Å². The first-order chi connectivity index (χ1) is 11.7.